The zero-order valence-corrected chi connectivity index (χ0v) is 11.8. The van der Waals surface area contributed by atoms with Crippen LogP contribution in [-0.4, -0.2) is 22.0 Å². The molecule has 18 heavy (non-hydrogen) atoms. The maximum Gasteiger partial charge on any atom is 0.157 e. The van der Waals surface area contributed by atoms with Crippen molar-refractivity contribution in [3.8, 4) is 0 Å². The summed E-state index contributed by atoms with van der Waals surface area (Å²) in [6, 6.07) is 4.34. The second-order valence-corrected chi connectivity index (χ2v) is 5.31. The first kappa shape index (κ1) is 12.9. The van der Waals surface area contributed by atoms with Crippen LogP contribution in [0.15, 0.2) is 29.9 Å². The zero-order valence-electron chi connectivity index (χ0n) is 10.2. The highest BCUT2D eigenvalue weighted by atomic mass is 32.1. The maximum atomic E-state index is 5.68. The lowest BCUT2D eigenvalue weighted by Gasteiger charge is -2.26. The molecule has 2 rings (SSSR count). The van der Waals surface area contributed by atoms with E-state index in [9.17, 15) is 0 Å². The van der Waals surface area contributed by atoms with Gasteiger partial charge in [0.05, 0.1) is 6.04 Å². The lowest BCUT2D eigenvalue weighted by atomic mass is 10.2. The van der Waals surface area contributed by atoms with Gasteiger partial charge in [-0.15, -0.1) is 11.3 Å². The summed E-state index contributed by atoms with van der Waals surface area (Å²) in [5, 5.41) is 2.06. The first-order valence-electron chi connectivity index (χ1n) is 5.48. The number of rotatable bonds is 4. The number of nitrogens with zero attached hydrogens (tertiary/aromatic N) is 3. The van der Waals surface area contributed by atoms with Crippen LogP contribution in [0.2, 0.25) is 0 Å². The van der Waals surface area contributed by atoms with Crippen LogP contribution >= 0.6 is 23.6 Å². The Labute approximate surface area is 115 Å². The molecule has 0 aromatic carbocycles. The number of nitrogens with two attached hydrogens (primary N) is 1. The molecule has 0 spiro atoms. The summed E-state index contributed by atoms with van der Waals surface area (Å²) < 4.78 is 0. The quantitative estimate of drug-likeness (QED) is 0.870. The Morgan fingerprint density at radius 1 is 1.44 bits per heavy atom. The Morgan fingerprint density at radius 3 is 2.78 bits per heavy atom. The molecule has 0 fully saturated rings. The van der Waals surface area contributed by atoms with Crippen LogP contribution in [0.4, 0.5) is 5.82 Å². The maximum absolute atomic E-state index is 5.68. The first-order valence-corrected chi connectivity index (χ1v) is 6.77. The van der Waals surface area contributed by atoms with E-state index < -0.39 is 0 Å². The molecular formula is C12H14N4S2. The Bertz CT molecular complexity index is 539. The fourth-order valence-electron chi connectivity index (χ4n) is 1.67. The highest BCUT2D eigenvalue weighted by Crippen LogP contribution is 2.28. The Kier molecular flexibility index (Phi) is 3.88. The smallest absolute Gasteiger partial charge is 0.157 e. The van der Waals surface area contributed by atoms with Crippen molar-refractivity contribution >= 4 is 34.4 Å². The monoisotopic (exact) mass is 278 g/mol. The van der Waals surface area contributed by atoms with E-state index in [0.717, 1.165) is 0 Å². The summed E-state index contributed by atoms with van der Waals surface area (Å²) >= 11 is 6.72. The Balaban J connectivity index is 2.34. The van der Waals surface area contributed by atoms with E-state index in [-0.39, 0.29) is 11.0 Å². The van der Waals surface area contributed by atoms with Gasteiger partial charge in [0.1, 0.15) is 10.7 Å². The van der Waals surface area contributed by atoms with Crippen molar-refractivity contribution in [1.82, 2.24) is 9.97 Å². The molecule has 0 aliphatic heterocycles. The summed E-state index contributed by atoms with van der Waals surface area (Å²) in [6.07, 6.45) is 3.25. The Hall–Kier alpha value is -1.53. The van der Waals surface area contributed by atoms with Crippen LogP contribution in [0.3, 0.4) is 0 Å². The van der Waals surface area contributed by atoms with Crippen molar-refractivity contribution in [2.75, 3.05) is 11.9 Å². The summed E-state index contributed by atoms with van der Waals surface area (Å²) in [5.74, 6) is 0.714. The summed E-state index contributed by atoms with van der Waals surface area (Å²) in [7, 11) is 1.97. The van der Waals surface area contributed by atoms with Gasteiger partial charge in [0.15, 0.2) is 5.82 Å². The molecule has 0 aliphatic rings. The van der Waals surface area contributed by atoms with Gasteiger partial charge in [-0.25, -0.2) is 9.97 Å². The minimum Gasteiger partial charge on any atom is -0.388 e. The molecular weight excluding hydrogens is 264 g/mol. The third kappa shape index (κ3) is 2.49. The van der Waals surface area contributed by atoms with Crippen LogP contribution in [0.25, 0.3) is 0 Å². The standard InChI is InChI=1S/C12H14N4S2/c1-8(9-4-3-7-18-9)16(2)12-10(11(13)17)14-5-6-15-12/h3-8H,1-2H3,(H2,13,17). The summed E-state index contributed by atoms with van der Waals surface area (Å²) in [6.45, 7) is 2.11. The van der Waals surface area contributed by atoms with E-state index in [1.807, 2.05) is 18.0 Å². The second kappa shape index (κ2) is 5.41. The molecule has 2 aromatic heterocycles. The van der Waals surface area contributed by atoms with Crippen molar-refractivity contribution in [2.45, 2.75) is 13.0 Å². The van der Waals surface area contributed by atoms with Crippen molar-refractivity contribution in [2.24, 2.45) is 5.73 Å². The lowest BCUT2D eigenvalue weighted by molar-refractivity contribution is 0.738. The van der Waals surface area contributed by atoms with E-state index in [4.69, 9.17) is 18.0 Å². The van der Waals surface area contributed by atoms with Gasteiger partial charge >= 0.3 is 0 Å². The molecule has 2 heterocycles. The van der Waals surface area contributed by atoms with E-state index >= 15 is 0 Å². The predicted octanol–water partition coefficient (Wildman–Crippen LogP) is 2.37. The minimum absolute atomic E-state index is 0.204. The molecule has 0 aliphatic carbocycles. The second-order valence-electron chi connectivity index (χ2n) is 3.90. The topological polar surface area (TPSA) is 55.0 Å². The van der Waals surface area contributed by atoms with Crippen LogP contribution in [-0.2, 0) is 0 Å². The fourth-order valence-corrected chi connectivity index (χ4v) is 2.64. The number of anilines is 1. The molecule has 2 N–H and O–H groups in total. The molecule has 1 atom stereocenters. The average Bonchev–Trinajstić information content (AvgIpc) is 2.90. The van der Waals surface area contributed by atoms with Crippen molar-refractivity contribution < 1.29 is 0 Å². The molecule has 0 saturated carbocycles. The third-order valence-electron chi connectivity index (χ3n) is 2.78. The molecule has 4 nitrogen and oxygen atoms in total. The van der Waals surface area contributed by atoms with Crippen molar-refractivity contribution in [3.05, 3.63) is 40.5 Å². The summed E-state index contributed by atoms with van der Waals surface area (Å²) in [4.78, 5) is 12.1. The SMILES string of the molecule is CC(c1cccs1)N(C)c1nccnc1C(N)=S. The first-order chi connectivity index (χ1) is 8.61. The summed E-state index contributed by atoms with van der Waals surface area (Å²) in [5.41, 5.74) is 6.24. The number of aromatic nitrogens is 2. The van der Waals surface area contributed by atoms with Crippen molar-refractivity contribution in [1.29, 1.82) is 0 Å². The molecule has 94 valence electrons. The van der Waals surface area contributed by atoms with Gasteiger partial charge in [-0.1, -0.05) is 18.3 Å². The van der Waals surface area contributed by atoms with Crippen LogP contribution in [0.1, 0.15) is 23.5 Å². The number of hydrogen-bond donors (Lipinski definition) is 1. The van der Waals surface area contributed by atoms with Crippen LogP contribution < -0.4 is 10.6 Å². The molecule has 2 aromatic rings. The lowest BCUT2D eigenvalue weighted by Crippen LogP contribution is -2.26. The van der Waals surface area contributed by atoms with Gasteiger partial charge in [-0.2, -0.15) is 0 Å². The fraction of sp³-hybridized carbons (Fsp3) is 0.250. The average molecular weight is 278 g/mol. The van der Waals surface area contributed by atoms with E-state index in [1.54, 1.807) is 23.7 Å². The third-order valence-corrected chi connectivity index (χ3v) is 4.02. The molecule has 6 heteroatoms. The Morgan fingerprint density at radius 2 is 2.17 bits per heavy atom. The molecule has 0 saturated heterocycles. The molecule has 1 unspecified atom stereocenters. The largest absolute Gasteiger partial charge is 0.388 e. The van der Waals surface area contributed by atoms with E-state index in [0.29, 0.717) is 11.5 Å². The predicted molar refractivity (Wildman–Crippen MR) is 79.1 cm³/mol. The van der Waals surface area contributed by atoms with E-state index in [2.05, 4.69) is 28.3 Å². The molecule has 0 amide bonds. The molecule has 0 radical (unpaired) electrons. The van der Waals surface area contributed by atoms with Gasteiger partial charge < -0.3 is 10.6 Å². The highest BCUT2D eigenvalue weighted by molar-refractivity contribution is 7.80. The van der Waals surface area contributed by atoms with Gasteiger partial charge in [0, 0.05) is 24.3 Å². The number of hydrogen-bond acceptors (Lipinski definition) is 5. The number of thiophene rings is 1. The highest BCUT2D eigenvalue weighted by Gasteiger charge is 2.18. The van der Waals surface area contributed by atoms with Gasteiger partial charge in [0.25, 0.3) is 0 Å². The zero-order chi connectivity index (χ0) is 13.1. The van der Waals surface area contributed by atoms with Gasteiger partial charge in [0.2, 0.25) is 0 Å². The van der Waals surface area contributed by atoms with Crippen molar-refractivity contribution in [3.63, 3.8) is 0 Å². The number of thiocarbonyl (C=S) groups is 1. The van der Waals surface area contributed by atoms with Crippen LogP contribution in [0, 0.1) is 0 Å². The minimum atomic E-state index is 0.204. The van der Waals surface area contributed by atoms with Crippen LogP contribution in [0.5, 0.6) is 0 Å². The molecule has 0 bridgehead atoms. The van der Waals surface area contributed by atoms with Gasteiger partial charge in [-0.05, 0) is 18.4 Å². The van der Waals surface area contributed by atoms with E-state index in [1.165, 1.54) is 4.88 Å². The normalized spacial score (nSPS) is 12.1. The van der Waals surface area contributed by atoms with Gasteiger partial charge in [-0.3, -0.25) is 0 Å².